The number of hydrogen-bond acceptors (Lipinski definition) is 2. The fourth-order valence-corrected chi connectivity index (χ4v) is 1.23. The molecule has 0 aliphatic heterocycles. The third-order valence-corrected chi connectivity index (χ3v) is 2.10. The molecular weight excluding hydrogens is 236 g/mol. The summed E-state index contributed by atoms with van der Waals surface area (Å²) in [4.78, 5) is 11.3. The predicted molar refractivity (Wildman–Crippen MR) is 68.5 cm³/mol. The van der Waals surface area contributed by atoms with Crippen molar-refractivity contribution in [1.29, 1.82) is 0 Å². The van der Waals surface area contributed by atoms with Gasteiger partial charge in [-0.1, -0.05) is 24.1 Å². The molecule has 0 aliphatic carbocycles. The van der Waals surface area contributed by atoms with Gasteiger partial charge >= 0.3 is 5.97 Å². The number of allylic oxidation sites excluding steroid dienone is 2. The Morgan fingerprint density at radius 1 is 1.41 bits per heavy atom. The third kappa shape index (κ3) is 5.79. The largest absolute Gasteiger partial charge is 0.422 e. The van der Waals surface area contributed by atoms with Gasteiger partial charge in [0.1, 0.15) is 5.76 Å². The second kappa shape index (κ2) is 7.54. The molecule has 1 rings (SSSR count). The summed E-state index contributed by atoms with van der Waals surface area (Å²) in [6.45, 7) is 1.70. The molecule has 0 spiro atoms. The second-order valence-corrected chi connectivity index (χ2v) is 3.68. The highest BCUT2D eigenvalue weighted by molar-refractivity contribution is 6.17. The molecule has 0 bridgehead atoms. The first kappa shape index (κ1) is 13.3. The van der Waals surface area contributed by atoms with Crippen LogP contribution >= 0.6 is 11.6 Å². The number of carbonyl (C=O) groups excluding carboxylic acids is 1. The number of rotatable bonds is 3. The summed E-state index contributed by atoms with van der Waals surface area (Å²) in [5, 5.41) is 0. The van der Waals surface area contributed by atoms with Gasteiger partial charge in [-0.3, -0.25) is 0 Å². The van der Waals surface area contributed by atoms with Gasteiger partial charge in [-0.05, 0) is 31.6 Å². The van der Waals surface area contributed by atoms with Gasteiger partial charge < -0.3 is 4.74 Å². The van der Waals surface area contributed by atoms with Crippen molar-refractivity contribution in [2.24, 2.45) is 0 Å². The van der Waals surface area contributed by atoms with Gasteiger partial charge in [0.05, 0.1) is 0 Å². The van der Waals surface area contributed by atoms with Crippen LogP contribution in [0, 0.1) is 11.8 Å². The Kier molecular flexibility index (Phi) is 5.92. The summed E-state index contributed by atoms with van der Waals surface area (Å²) >= 11 is 5.51. The molecule has 0 N–H and O–H groups in total. The Balaban J connectivity index is 2.53. The van der Waals surface area contributed by atoms with Gasteiger partial charge in [0.2, 0.25) is 0 Å². The lowest BCUT2D eigenvalue weighted by Crippen LogP contribution is -1.99. The van der Waals surface area contributed by atoms with E-state index in [1.807, 2.05) is 30.3 Å². The van der Waals surface area contributed by atoms with Crippen molar-refractivity contribution in [3.63, 3.8) is 0 Å². The van der Waals surface area contributed by atoms with Crippen LogP contribution in [0.4, 0.5) is 0 Å². The molecule has 88 valence electrons. The van der Waals surface area contributed by atoms with E-state index in [0.717, 1.165) is 5.56 Å². The number of ether oxygens (including phenoxy) is 1. The summed E-state index contributed by atoms with van der Waals surface area (Å²) in [6.07, 6.45) is 2.43. The molecule has 0 heterocycles. The van der Waals surface area contributed by atoms with E-state index in [0.29, 0.717) is 18.1 Å². The number of halogens is 1. The molecular formula is C14H13ClO2. The fourth-order valence-electron chi connectivity index (χ4n) is 1.12. The molecule has 0 unspecified atom stereocenters. The molecule has 0 atom stereocenters. The number of benzene rings is 1. The van der Waals surface area contributed by atoms with E-state index in [1.165, 1.54) is 0 Å². The highest BCUT2D eigenvalue weighted by atomic mass is 35.5. The zero-order valence-electron chi connectivity index (χ0n) is 9.57. The molecule has 1 aromatic carbocycles. The first-order valence-corrected chi connectivity index (χ1v) is 5.77. The average molecular weight is 249 g/mol. The Morgan fingerprint density at radius 3 is 2.76 bits per heavy atom. The van der Waals surface area contributed by atoms with Crippen LogP contribution < -0.4 is 0 Å². The number of esters is 1. The molecule has 0 radical (unpaired) electrons. The molecule has 0 saturated carbocycles. The lowest BCUT2D eigenvalue weighted by Gasteiger charge is -1.98. The van der Waals surface area contributed by atoms with E-state index in [1.54, 1.807) is 13.0 Å². The highest BCUT2D eigenvalue weighted by Crippen LogP contribution is 2.00. The standard InChI is InChI=1S/C14H13ClO2/c1-12(6-5-11-15)17-14(16)10-9-13-7-3-2-4-8-13/h2-4,6-8H,5,11H2,1H3/b12-6+. The molecule has 0 amide bonds. The lowest BCUT2D eigenvalue weighted by atomic mass is 10.2. The minimum absolute atomic E-state index is 0.505. The third-order valence-electron chi connectivity index (χ3n) is 1.88. The van der Waals surface area contributed by atoms with Gasteiger partial charge in [-0.15, -0.1) is 11.6 Å². The zero-order chi connectivity index (χ0) is 12.5. The van der Waals surface area contributed by atoms with E-state index < -0.39 is 5.97 Å². The smallest absolute Gasteiger partial charge is 0.389 e. The van der Waals surface area contributed by atoms with Crippen LogP contribution in [0.3, 0.4) is 0 Å². The van der Waals surface area contributed by atoms with E-state index in [2.05, 4.69) is 11.8 Å². The molecule has 2 nitrogen and oxygen atoms in total. The van der Waals surface area contributed by atoms with E-state index in [9.17, 15) is 4.79 Å². The first-order chi connectivity index (χ1) is 8.22. The zero-order valence-corrected chi connectivity index (χ0v) is 10.3. The van der Waals surface area contributed by atoms with Gasteiger partial charge in [-0.25, -0.2) is 4.79 Å². The molecule has 0 aliphatic rings. The van der Waals surface area contributed by atoms with Crippen molar-refractivity contribution < 1.29 is 9.53 Å². The number of carbonyl (C=O) groups is 1. The average Bonchev–Trinajstić information content (AvgIpc) is 2.35. The van der Waals surface area contributed by atoms with Crippen LogP contribution in [-0.2, 0) is 9.53 Å². The maximum absolute atomic E-state index is 11.3. The highest BCUT2D eigenvalue weighted by Gasteiger charge is 1.98. The van der Waals surface area contributed by atoms with Crippen molar-refractivity contribution >= 4 is 17.6 Å². The van der Waals surface area contributed by atoms with Crippen LogP contribution in [0.15, 0.2) is 42.2 Å². The summed E-state index contributed by atoms with van der Waals surface area (Å²) in [7, 11) is 0. The summed E-state index contributed by atoms with van der Waals surface area (Å²) in [6, 6.07) is 9.28. The normalized spacial score (nSPS) is 10.4. The lowest BCUT2D eigenvalue weighted by molar-refractivity contribution is -0.132. The van der Waals surface area contributed by atoms with Crippen molar-refractivity contribution in [2.45, 2.75) is 13.3 Å². The first-order valence-electron chi connectivity index (χ1n) is 5.24. The monoisotopic (exact) mass is 248 g/mol. The van der Waals surface area contributed by atoms with Crippen molar-refractivity contribution in [1.82, 2.24) is 0 Å². The van der Waals surface area contributed by atoms with Crippen molar-refractivity contribution in [3.8, 4) is 11.8 Å². The molecule has 0 fully saturated rings. The SMILES string of the molecule is C/C(=C\CCCl)OC(=O)C#Cc1ccccc1. The number of hydrogen-bond donors (Lipinski definition) is 0. The van der Waals surface area contributed by atoms with Crippen LogP contribution in [0.1, 0.15) is 18.9 Å². The van der Waals surface area contributed by atoms with E-state index in [4.69, 9.17) is 16.3 Å². The van der Waals surface area contributed by atoms with Crippen molar-refractivity contribution in [2.75, 3.05) is 5.88 Å². The summed E-state index contributed by atoms with van der Waals surface area (Å²) in [5.74, 6) is 5.62. The Bertz CT molecular complexity index is 452. The molecule has 1 aromatic rings. The molecule has 17 heavy (non-hydrogen) atoms. The Labute approximate surface area is 106 Å². The van der Waals surface area contributed by atoms with E-state index in [-0.39, 0.29) is 0 Å². The Hall–Kier alpha value is -1.72. The summed E-state index contributed by atoms with van der Waals surface area (Å²) in [5.41, 5.74) is 0.784. The summed E-state index contributed by atoms with van der Waals surface area (Å²) < 4.78 is 4.96. The van der Waals surface area contributed by atoms with E-state index >= 15 is 0 Å². The van der Waals surface area contributed by atoms with Crippen LogP contribution in [0.5, 0.6) is 0 Å². The van der Waals surface area contributed by atoms with Crippen LogP contribution in [0.25, 0.3) is 0 Å². The van der Waals surface area contributed by atoms with Crippen molar-refractivity contribution in [3.05, 3.63) is 47.7 Å². The number of alkyl halides is 1. The van der Waals surface area contributed by atoms with Gasteiger partial charge in [0.15, 0.2) is 0 Å². The topological polar surface area (TPSA) is 26.3 Å². The molecule has 0 saturated heterocycles. The molecule has 3 heteroatoms. The van der Waals surface area contributed by atoms with Crippen LogP contribution in [-0.4, -0.2) is 11.8 Å². The minimum Gasteiger partial charge on any atom is -0.422 e. The van der Waals surface area contributed by atoms with Crippen LogP contribution in [0.2, 0.25) is 0 Å². The maximum atomic E-state index is 11.3. The maximum Gasteiger partial charge on any atom is 0.389 e. The van der Waals surface area contributed by atoms with Gasteiger partial charge in [0.25, 0.3) is 0 Å². The fraction of sp³-hybridized carbons (Fsp3) is 0.214. The van der Waals surface area contributed by atoms with Gasteiger partial charge in [-0.2, -0.15) is 0 Å². The second-order valence-electron chi connectivity index (χ2n) is 3.30. The molecule has 0 aromatic heterocycles. The minimum atomic E-state index is -0.558. The van der Waals surface area contributed by atoms with Gasteiger partial charge in [0, 0.05) is 17.4 Å². The predicted octanol–water partition coefficient (Wildman–Crippen LogP) is 3.11. The quantitative estimate of drug-likeness (QED) is 0.356. The Morgan fingerprint density at radius 2 is 2.12 bits per heavy atom.